The number of H-pyrrole nitrogens is 1. The van der Waals surface area contributed by atoms with Crippen molar-refractivity contribution in [3.63, 3.8) is 0 Å². The molecule has 6 rings (SSSR count). The number of piperidine rings is 1. The monoisotopic (exact) mass is 458 g/mol. The van der Waals surface area contributed by atoms with Crippen molar-refractivity contribution in [3.05, 3.63) is 47.0 Å². The average molecular weight is 459 g/mol. The van der Waals surface area contributed by atoms with E-state index in [0.717, 1.165) is 81.7 Å². The number of nitrogens with one attached hydrogen (secondary N) is 2. The summed E-state index contributed by atoms with van der Waals surface area (Å²) in [5.74, 6) is 2.00. The normalized spacial score (nSPS) is 19.5. The Labute approximate surface area is 200 Å². The number of hydrogen-bond donors (Lipinski definition) is 2. The molecular weight excluding hydrogens is 424 g/mol. The molecule has 1 aliphatic carbocycles. The Morgan fingerprint density at radius 1 is 1.00 bits per heavy atom. The van der Waals surface area contributed by atoms with Crippen LogP contribution in [-0.4, -0.2) is 45.6 Å². The minimum Gasteiger partial charge on any atom is -0.356 e. The van der Waals surface area contributed by atoms with Crippen LogP contribution in [0.1, 0.15) is 61.6 Å². The zero-order valence-electron chi connectivity index (χ0n) is 19.9. The number of rotatable bonds is 5. The molecule has 2 fully saturated rings. The van der Waals surface area contributed by atoms with Crippen LogP contribution in [0.2, 0.25) is 0 Å². The van der Waals surface area contributed by atoms with Crippen molar-refractivity contribution in [3.8, 4) is 0 Å². The number of anilines is 2. The fraction of sp³-hybridized carbons (Fsp3) is 0.519. The van der Waals surface area contributed by atoms with Crippen LogP contribution in [-0.2, 0) is 24.3 Å². The molecule has 7 nitrogen and oxygen atoms in total. The van der Waals surface area contributed by atoms with Crippen LogP contribution in [0.3, 0.4) is 0 Å². The van der Waals surface area contributed by atoms with Crippen LogP contribution < -0.4 is 10.2 Å². The molecule has 1 saturated heterocycles. The number of pyridine rings is 1. The van der Waals surface area contributed by atoms with Gasteiger partial charge in [0.25, 0.3) is 0 Å². The summed E-state index contributed by atoms with van der Waals surface area (Å²) in [5, 5.41) is 11.9. The van der Waals surface area contributed by atoms with Crippen LogP contribution in [0.4, 0.5) is 11.6 Å². The second kappa shape index (κ2) is 9.37. The fourth-order valence-corrected chi connectivity index (χ4v) is 6.01. The summed E-state index contributed by atoms with van der Waals surface area (Å²) < 4.78 is 0. The largest absolute Gasteiger partial charge is 0.356 e. The molecule has 3 aromatic rings. The van der Waals surface area contributed by atoms with E-state index in [4.69, 9.17) is 4.98 Å². The van der Waals surface area contributed by atoms with Gasteiger partial charge in [-0.15, -0.1) is 0 Å². The number of hydrogen-bond acceptors (Lipinski definition) is 5. The Balaban J connectivity index is 1.36. The number of benzene rings is 1. The molecule has 0 radical (unpaired) electrons. The highest BCUT2D eigenvalue weighted by atomic mass is 16.2. The maximum Gasteiger partial charge on any atom is 0.228 e. The maximum atomic E-state index is 12.9. The van der Waals surface area contributed by atoms with Crippen molar-refractivity contribution in [1.82, 2.24) is 20.1 Å². The molecule has 0 spiro atoms. The Kier molecular flexibility index (Phi) is 5.95. The molecule has 0 atom stereocenters. The molecular formula is C27H34N6O. The lowest BCUT2D eigenvalue weighted by molar-refractivity contribution is -0.119. The number of amides is 1. The molecule has 1 aromatic carbocycles. The van der Waals surface area contributed by atoms with Crippen molar-refractivity contribution in [2.24, 2.45) is 5.92 Å². The second-order valence-corrected chi connectivity index (χ2v) is 10.2. The van der Waals surface area contributed by atoms with E-state index >= 15 is 0 Å². The first-order valence-corrected chi connectivity index (χ1v) is 13.0. The molecule has 2 N–H and O–H groups in total. The number of carbonyl (C=O) groups is 1. The Morgan fingerprint density at radius 2 is 1.79 bits per heavy atom. The molecule has 2 aromatic heterocycles. The lowest BCUT2D eigenvalue weighted by atomic mass is 9.96. The fourth-order valence-electron chi connectivity index (χ4n) is 6.01. The van der Waals surface area contributed by atoms with Crippen LogP contribution in [0.15, 0.2) is 30.3 Å². The molecule has 1 amide bonds. The first kappa shape index (κ1) is 21.6. The predicted molar refractivity (Wildman–Crippen MR) is 135 cm³/mol. The summed E-state index contributed by atoms with van der Waals surface area (Å²) in [5.41, 5.74) is 4.77. The van der Waals surface area contributed by atoms with E-state index in [1.165, 1.54) is 36.0 Å². The molecule has 0 unspecified atom stereocenters. The Morgan fingerprint density at radius 3 is 2.59 bits per heavy atom. The van der Waals surface area contributed by atoms with Gasteiger partial charge in [-0.2, -0.15) is 5.10 Å². The van der Waals surface area contributed by atoms with Crippen molar-refractivity contribution in [2.75, 3.05) is 29.9 Å². The van der Waals surface area contributed by atoms with Gasteiger partial charge in [0.2, 0.25) is 5.91 Å². The summed E-state index contributed by atoms with van der Waals surface area (Å²) in [4.78, 5) is 23.0. The van der Waals surface area contributed by atoms with Gasteiger partial charge in [0, 0.05) is 44.2 Å². The highest BCUT2D eigenvalue weighted by Crippen LogP contribution is 2.37. The van der Waals surface area contributed by atoms with Crippen LogP contribution in [0.5, 0.6) is 0 Å². The second-order valence-electron chi connectivity index (χ2n) is 10.2. The van der Waals surface area contributed by atoms with Crippen molar-refractivity contribution >= 4 is 28.6 Å². The maximum absolute atomic E-state index is 12.9. The molecule has 0 bridgehead atoms. The number of aromatic amines is 1. The van der Waals surface area contributed by atoms with Crippen LogP contribution >= 0.6 is 0 Å². The molecule has 3 aliphatic rings. The van der Waals surface area contributed by atoms with E-state index in [9.17, 15) is 4.79 Å². The van der Waals surface area contributed by atoms with Gasteiger partial charge >= 0.3 is 0 Å². The van der Waals surface area contributed by atoms with Crippen molar-refractivity contribution in [2.45, 2.75) is 64.5 Å². The summed E-state index contributed by atoms with van der Waals surface area (Å²) >= 11 is 0. The average Bonchev–Trinajstić information content (AvgIpc) is 3.55. The van der Waals surface area contributed by atoms with Gasteiger partial charge in [-0.05, 0) is 49.7 Å². The number of fused-ring (bicyclic) bond motifs is 3. The van der Waals surface area contributed by atoms with Gasteiger partial charge in [0.1, 0.15) is 5.82 Å². The van der Waals surface area contributed by atoms with Gasteiger partial charge in [0.05, 0.1) is 5.39 Å². The van der Waals surface area contributed by atoms with Gasteiger partial charge in [0.15, 0.2) is 11.5 Å². The lowest BCUT2D eigenvalue weighted by Gasteiger charge is -2.35. The first-order valence-electron chi connectivity index (χ1n) is 13.0. The third-order valence-corrected chi connectivity index (χ3v) is 7.83. The Bertz CT molecular complexity index is 1160. The van der Waals surface area contributed by atoms with Gasteiger partial charge < -0.3 is 10.2 Å². The highest BCUT2D eigenvalue weighted by Gasteiger charge is 2.30. The van der Waals surface area contributed by atoms with Crippen molar-refractivity contribution in [1.29, 1.82) is 0 Å². The number of nitrogens with zero attached hydrogens (tertiary/aromatic N) is 4. The van der Waals surface area contributed by atoms with Gasteiger partial charge in [-0.25, -0.2) is 4.98 Å². The predicted octanol–water partition coefficient (Wildman–Crippen LogP) is 4.64. The zero-order valence-corrected chi connectivity index (χ0v) is 19.9. The van der Waals surface area contributed by atoms with Gasteiger partial charge in [-0.3, -0.25) is 14.8 Å². The smallest absolute Gasteiger partial charge is 0.228 e. The summed E-state index contributed by atoms with van der Waals surface area (Å²) in [6.45, 7) is 4.92. The zero-order chi connectivity index (χ0) is 22.9. The number of carbonyl (C=O) groups excluding carboxylic acids is 1. The first-order chi connectivity index (χ1) is 16.8. The molecule has 4 heterocycles. The summed E-state index contributed by atoms with van der Waals surface area (Å²) in [6.07, 6.45) is 8.92. The van der Waals surface area contributed by atoms with E-state index in [1.807, 2.05) is 0 Å². The quantitative estimate of drug-likeness (QED) is 0.583. The van der Waals surface area contributed by atoms with E-state index in [2.05, 4.69) is 55.6 Å². The van der Waals surface area contributed by atoms with E-state index in [1.54, 1.807) is 0 Å². The Hall–Kier alpha value is -2.93. The van der Waals surface area contributed by atoms with Gasteiger partial charge in [-0.1, -0.05) is 43.2 Å². The standard InChI is InChI=1S/C27H34N6O/c34-27(20-11-5-6-12-20)29-25-23-21-13-16-32(17-19-9-3-1-4-10-19)18-22(21)26(28-24(23)30-31-25)33-14-7-2-8-15-33/h1,3-4,9-10,20H,2,5-8,11-18H2,(H2,28,29,30,31,34). The molecule has 7 heteroatoms. The molecule has 178 valence electrons. The van der Waals surface area contributed by atoms with E-state index in [-0.39, 0.29) is 11.8 Å². The highest BCUT2D eigenvalue weighted by molar-refractivity contribution is 6.02. The molecule has 1 saturated carbocycles. The van der Waals surface area contributed by atoms with Crippen LogP contribution in [0.25, 0.3) is 11.0 Å². The minimum absolute atomic E-state index is 0.112. The lowest BCUT2D eigenvalue weighted by Crippen LogP contribution is -2.35. The molecule has 34 heavy (non-hydrogen) atoms. The summed E-state index contributed by atoms with van der Waals surface area (Å²) in [7, 11) is 0. The minimum atomic E-state index is 0.112. The SMILES string of the molecule is O=C(Nc1n[nH]c2nc(N3CCCCC3)c3c(c12)CCN(Cc1ccccc1)C3)C1CCCC1. The molecule has 2 aliphatic heterocycles. The van der Waals surface area contributed by atoms with Crippen molar-refractivity contribution < 1.29 is 4.79 Å². The third kappa shape index (κ3) is 4.17. The topological polar surface area (TPSA) is 77.1 Å². The summed E-state index contributed by atoms with van der Waals surface area (Å²) in [6, 6.07) is 10.7. The van der Waals surface area contributed by atoms with E-state index in [0.29, 0.717) is 5.82 Å². The third-order valence-electron chi connectivity index (χ3n) is 7.83. The number of aromatic nitrogens is 3. The van der Waals surface area contributed by atoms with E-state index < -0.39 is 0 Å². The van der Waals surface area contributed by atoms with Crippen LogP contribution in [0, 0.1) is 5.92 Å².